The zero-order chi connectivity index (χ0) is 39.0. The van der Waals surface area contributed by atoms with Gasteiger partial charge in [-0.3, -0.25) is 9.59 Å². The lowest BCUT2D eigenvalue weighted by Crippen LogP contribution is -2.56. The molecule has 1 aliphatic rings. The molecule has 0 unspecified atom stereocenters. The molecule has 282 valence electrons. The molecule has 10 heteroatoms. The molecule has 2 atom stereocenters. The Hall–Kier alpha value is -6.26. The van der Waals surface area contributed by atoms with Crippen molar-refractivity contribution in [3.63, 3.8) is 0 Å². The van der Waals surface area contributed by atoms with Crippen LogP contribution in [-0.4, -0.2) is 59.9 Å². The van der Waals surface area contributed by atoms with Gasteiger partial charge in [-0.15, -0.1) is 0 Å². The van der Waals surface area contributed by atoms with Crippen molar-refractivity contribution in [2.75, 3.05) is 13.2 Å². The molecule has 6 rings (SSSR count). The van der Waals surface area contributed by atoms with Gasteiger partial charge in [-0.1, -0.05) is 140 Å². The summed E-state index contributed by atoms with van der Waals surface area (Å²) in [4.78, 5) is 54.1. The molecule has 55 heavy (non-hydrogen) atoms. The number of hydrogen-bond donors (Lipinski definition) is 4. The third-order valence-electron chi connectivity index (χ3n) is 9.59. The summed E-state index contributed by atoms with van der Waals surface area (Å²) in [6, 6.07) is 41.2. The molecular weight excluding hydrogens is 695 g/mol. The van der Waals surface area contributed by atoms with Crippen LogP contribution < -0.4 is 16.0 Å². The Bertz CT molecular complexity index is 1980. The van der Waals surface area contributed by atoms with E-state index < -0.39 is 53.5 Å². The van der Waals surface area contributed by atoms with Gasteiger partial charge in [-0.05, 0) is 59.7 Å². The van der Waals surface area contributed by atoms with Gasteiger partial charge in [0.1, 0.15) is 18.2 Å². The average Bonchev–Trinajstić information content (AvgIpc) is 3.51. The lowest BCUT2D eigenvalue weighted by molar-refractivity contribution is -0.145. The number of carbonyl (C=O) groups excluding carboxylic acids is 3. The average molecular weight is 740 g/mol. The smallest absolute Gasteiger partial charge is 0.407 e. The lowest BCUT2D eigenvalue weighted by atomic mass is 9.77. The van der Waals surface area contributed by atoms with E-state index in [1.807, 2.05) is 140 Å². The molecule has 0 saturated carbocycles. The number of alkyl carbamates (subject to hydrolysis) is 1. The molecule has 10 nitrogen and oxygen atoms in total. The summed E-state index contributed by atoms with van der Waals surface area (Å²) in [6.07, 6.45) is -1.48. The van der Waals surface area contributed by atoms with Gasteiger partial charge >= 0.3 is 12.1 Å². The SMILES string of the molecule is CC(C)(C)OC[C@H](NC(=O)[C@H](CC(=O)NC(c1ccccc1)(c1ccccc1)c1ccccc1)NC(=O)OCC1c2ccccc2-c2ccccc21)C(=O)O. The van der Waals surface area contributed by atoms with Crippen LogP contribution in [-0.2, 0) is 29.4 Å². The minimum atomic E-state index is -1.52. The van der Waals surface area contributed by atoms with Crippen molar-refractivity contribution in [3.05, 3.63) is 167 Å². The van der Waals surface area contributed by atoms with E-state index >= 15 is 0 Å². The maximum absolute atomic E-state index is 14.4. The zero-order valence-electron chi connectivity index (χ0n) is 31.0. The van der Waals surface area contributed by atoms with Crippen LogP contribution in [0.1, 0.15) is 60.9 Å². The highest BCUT2D eigenvalue weighted by Gasteiger charge is 2.39. The van der Waals surface area contributed by atoms with Gasteiger partial charge in [0.25, 0.3) is 0 Å². The topological polar surface area (TPSA) is 143 Å². The number of benzene rings is 5. The largest absolute Gasteiger partial charge is 0.480 e. The van der Waals surface area contributed by atoms with Crippen LogP contribution in [0.15, 0.2) is 140 Å². The fraction of sp³-hybridized carbons (Fsp3) is 0.244. The number of aliphatic carboxylic acids is 1. The molecule has 0 heterocycles. The molecule has 4 N–H and O–H groups in total. The Kier molecular flexibility index (Phi) is 11.8. The number of carboxylic acid groups (broad SMARTS) is 1. The number of carbonyl (C=O) groups is 4. The zero-order valence-corrected chi connectivity index (χ0v) is 31.0. The normalized spacial score (nSPS) is 13.4. The minimum Gasteiger partial charge on any atom is -0.480 e. The van der Waals surface area contributed by atoms with Crippen molar-refractivity contribution in [3.8, 4) is 11.1 Å². The monoisotopic (exact) mass is 739 g/mol. The molecule has 0 radical (unpaired) electrons. The molecule has 0 aromatic heterocycles. The lowest BCUT2D eigenvalue weighted by Gasteiger charge is -2.37. The predicted molar refractivity (Wildman–Crippen MR) is 209 cm³/mol. The van der Waals surface area contributed by atoms with Crippen LogP contribution in [0.3, 0.4) is 0 Å². The first-order chi connectivity index (χ1) is 26.5. The quantitative estimate of drug-likeness (QED) is 0.0921. The maximum Gasteiger partial charge on any atom is 0.407 e. The van der Waals surface area contributed by atoms with Crippen molar-refractivity contribution >= 4 is 23.9 Å². The first-order valence-corrected chi connectivity index (χ1v) is 18.2. The third kappa shape index (κ3) is 8.93. The summed E-state index contributed by atoms with van der Waals surface area (Å²) in [5, 5.41) is 18.2. The predicted octanol–water partition coefficient (Wildman–Crippen LogP) is 6.78. The molecule has 0 saturated heterocycles. The number of rotatable bonds is 14. The highest BCUT2D eigenvalue weighted by molar-refractivity contribution is 5.93. The second kappa shape index (κ2) is 16.8. The van der Waals surface area contributed by atoms with Crippen molar-refractivity contribution in [1.29, 1.82) is 0 Å². The van der Waals surface area contributed by atoms with E-state index in [4.69, 9.17) is 9.47 Å². The van der Waals surface area contributed by atoms with E-state index in [0.717, 1.165) is 38.9 Å². The Morgan fingerprint density at radius 2 is 1.09 bits per heavy atom. The summed E-state index contributed by atoms with van der Waals surface area (Å²) in [6.45, 7) is 4.92. The molecule has 0 spiro atoms. The minimum absolute atomic E-state index is 0.0310. The van der Waals surface area contributed by atoms with Crippen molar-refractivity contribution in [2.24, 2.45) is 0 Å². The van der Waals surface area contributed by atoms with Crippen LogP contribution in [0, 0.1) is 0 Å². The second-order valence-electron chi connectivity index (χ2n) is 14.4. The summed E-state index contributed by atoms with van der Waals surface area (Å²) in [7, 11) is 0. The van der Waals surface area contributed by atoms with E-state index in [-0.39, 0.29) is 19.1 Å². The number of hydrogen-bond acceptors (Lipinski definition) is 6. The van der Waals surface area contributed by atoms with Crippen molar-refractivity contribution in [2.45, 2.75) is 56.3 Å². The number of carboxylic acids is 1. The summed E-state index contributed by atoms with van der Waals surface area (Å²) < 4.78 is 11.4. The Balaban J connectivity index is 1.28. The molecule has 5 aromatic carbocycles. The molecular formula is C45H45N3O7. The van der Waals surface area contributed by atoms with Gasteiger partial charge < -0.3 is 30.5 Å². The van der Waals surface area contributed by atoms with Gasteiger partial charge in [0.05, 0.1) is 18.6 Å². The van der Waals surface area contributed by atoms with E-state index in [1.165, 1.54) is 0 Å². The fourth-order valence-electron chi connectivity index (χ4n) is 7.00. The van der Waals surface area contributed by atoms with Gasteiger partial charge in [0, 0.05) is 5.92 Å². The molecule has 1 aliphatic carbocycles. The standard InChI is InChI=1S/C45H45N3O7/c1-44(2,3)55-29-39(42(51)52)46-41(50)38(47-43(53)54-28-37-35-25-15-13-23-33(35)34-24-14-16-26-36(34)37)27-40(49)48-45(30-17-7-4-8-18-30,31-19-9-5-10-20-31)32-21-11-6-12-22-32/h4-26,37-39H,27-29H2,1-3H3,(H,46,50)(H,47,53)(H,48,49)(H,51,52)/t38-,39-/m0/s1. The van der Waals surface area contributed by atoms with Crippen LogP contribution in [0.25, 0.3) is 11.1 Å². The first kappa shape index (κ1) is 38.5. The van der Waals surface area contributed by atoms with Crippen LogP contribution in [0.4, 0.5) is 4.79 Å². The fourth-order valence-corrected chi connectivity index (χ4v) is 7.00. The summed E-state index contributed by atoms with van der Waals surface area (Å²) >= 11 is 0. The van der Waals surface area contributed by atoms with Crippen LogP contribution in [0.5, 0.6) is 0 Å². The van der Waals surface area contributed by atoms with Gasteiger partial charge in [-0.2, -0.15) is 0 Å². The Morgan fingerprint density at radius 1 is 0.636 bits per heavy atom. The van der Waals surface area contributed by atoms with Gasteiger partial charge in [0.2, 0.25) is 11.8 Å². The van der Waals surface area contributed by atoms with E-state index in [2.05, 4.69) is 16.0 Å². The van der Waals surface area contributed by atoms with E-state index in [0.29, 0.717) is 0 Å². The van der Waals surface area contributed by atoms with E-state index in [9.17, 15) is 24.3 Å². The maximum atomic E-state index is 14.4. The third-order valence-corrected chi connectivity index (χ3v) is 9.59. The molecule has 0 bridgehead atoms. The number of nitrogens with one attached hydrogen (secondary N) is 3. The molecule has 0 fully saturated rings. The molecule has 5 aromatic rings. The van der Waals surface area contributed by atoms with E-state index in [1.54, 1.807) is 20.8 Å². The Morgan fingerprint density at radius 3 is 1.55 bits per heavy atom. The highest BCUT2D eigenvalue weighted by Crippen LogP contribution is 2.44. The number of ether oxygens (including phenoxy) is 2. The molecule has 3 amide bonds. The number of amides is 3. The summed E-state index contributed by atoms with van der Waals surface area (Å²) in [5.41, 5.74) is 4.51. The summed E-state index contributed by atoms with van der Waals surface area (Å²) in [5.74, 6) is -3.06. The van der Waals surface area contributed by atoms with Gasteiger partial charge in [0.15, 0.2) is 6.04 Å². The van der Waals surface area contributed by atoms with Crippen LogP contribution in [0.2, 0.25) is 0 Å². The number of fused-ring (bicyclic) bond motifs is 3. The first-order valence-electron chi connectivity index (χ1n) is 18.2. The second-order valence-corrected chi connectivity index (χ2v) is 14.4. The van der Waals surface area contributed by atoms with Crippen molar-refractivity contribution in [1.82, 2.24) is 16.0 Å². The molecule has 0 aliphatic heterocycles. The van der Waals surface area contributed by atoms with Crippen LogP contribution >= 0.6 is 0 Å². The highest BCUT2D eigenvalue weighted by atomic mass is 16.5. The van der Waals surface area contributed by atoms with Gasteiger partial charge in [-0.25, -0.2) is 9.59 Å². The van der Waals surface area contributed by atoms with Crippen molar-refractivity contribution < 1.29 is 33.8 Å². The Labute approximate surface area is 320 Å².